The zero-order valence-electron chi connectivity index (χ0n) is 11.7. The molecule has 0 aliphatic rings. The number of aliphatic imine (C=N–C) groups is 1. The first-order valence-electron chi connectivity index (χ1n) is 6.64. The molecular weight excluding hydrogens is 196 g/mol. The summed E-state index contributed by atoms with van der Waals surface area (Å²) in [6.45, 7) is 13.1. The molecule has 0 rings (SSSR count). The fourth-order valence-electron chi connectivity index (χ4n) is 1.93. The Bertz CT molecular complexity index is 223. The lowest BCUT2D eigenvalue weighted by Crippen LogP contribution is -2.25. The normalized spacial score (nSPS) is 13.1. The van der Waals surface area contributed by atoms with Gasteiger partial charge in [-0.25, -0.2) is 4.99 Å². The Hall–Kier alpha value is -0.790. The van der Waals surface area contributed by atoms with Crippen LogP contribution in [0.5, 0.6) is 0 Å². The third kappa shape index (κ3) is 5.34. The average Bonchev–Trinajstić information content (AvgIpc) is 2.26. The van der Waals surface area contributed by atoms with Crippen LogP contribution in [0.3, 0.4) is 0 Å². The largest absolute Gasteiger partial charge is 0.357 e. The van der Waals surface area contributed by atoms with Gasteiger partial charge in [0, 0.05) is 19.3 Å². The molecule has 0 unspecified atom stereocenters. The number of hydrogen-bond donors (Lipinski definition) is 0. The number of nitrogens with zero attached hydrogens (tertiary/aromatic N) is 2. The minimum Gasteiger partial charge on any atom is -0.357 e. The molecule has 0 aromatic carbocycles. The first kappa shape index (κ1) is 15.2. The summed E-state index contributed by atoms with van der Waals surface area (Å²) in [6.07, 6.45) is 6.62. The van der Waals surface area contributed by atoms with Gasteiger partial charge in [-0.1, -0.05) is 27.2 Å². The minimum absolute atomic E-state index is 1.11. The summed E-state index contributed by atoms with van der Waals surface area (Å²) in [5.74, 6) is 1.20. The van der Waals surface area contributed by atoms with E-state index in [1.807, 2.05) is 13.1 Å². The topological polar surface area (TPSA) is 15.6 Å². The van der Waals surface area contributed by atoms with E-state index in [0.717, 1.165) is 19.5 Å². The van der Waals surface area contributed by atoms with Crippen molar-refractivity contribution >= 4 is 6.21 Å². The maximum absolute atomic E-state index is 4.56. The fraction of sp³-hybridized carbons (Fsp3) is 0.786. The molecule has 0 saturated carbocycles. The van der Waals surface area contributed by atoms with Crippen LogP contribution in [0, 0.1) is 0 Å². The molecule has 0 N–H and O–H groups in total. The van der Waals surface area contributed by atoms with Crippen LogP contribution in [-0.4, -0.2) is 24.2 Å². The number of allylic oxidation sites excluding steroid dienone is 1. The van der Waals surface area contributed by atoms with E-state index in [-0.39, 0.29) is 0 Å². The van der Waals surface area contributed by atoms with E-state index in [2.05, 4.69) is 37.6 Å². The summed E-state index contributed by atoms with van der Waals surface area (Å²) in [5.41, 5.74) is 1.42. The lowest BCUT2D eigenvalue weighted by molar-refractivity contribution is 0.337. The second kappa shape index (κ2) is 9.44. The quantitative estimate of drug-likeness (QED) is 0.563. The Balaban J connectivity index is 4.88. The van der Waals surface area contributed by atoms with Crippen LogP contribution in [0.1, 0.15) is 60.3 Å². The molecule has 2 heteroatoms. The minimum atomic E-state index is 1.11. The van der Waals surface area contributed by atoms with E-state index in [0.29, 0.717) is 0 Å². The second-order valence-corrected chi connectivity index (χ2v) is 4.23. The Morgan fingerprint density at radius 3 is 2.00 bits per heavy atom. The molecule has 0 bridgehead atoms. The molecule has 0 atom stereocenters. The van der Waals surface area contributed by atoms with Crippen molar-refractivity contribution in [2.75, 3.05) is 13.1 Å². The lowest BCUT2D eigenvalue weighted by atomic mass is 10.1. The van der Waals surface area contributed by atoms with Crippen LogP contribution in [-0.2, 0) is 0 Å². The van der Waals surface area contributed by atoms with Gasteiger partial charge in [-0.3, -0.25) is 0 Å². The zero-order chi connectivity index (χ0) is 12.4. The van der Waals surface area contributed by atoms with Crippen molar-refractivity contribution in [2.24, 2.45) is 4.99 Å². The van der Waals surface area contributed by atoms with Gasteiger partial charge in [0.05, 0.1) is 0 Å². The molecule has 0 aliphatic heterocycles. The SMILES string of the molecule is C/C=N\C(=C(/C)CCC)N(CCC)CCC. The highest BCUT2D eigenvalue weighted by Gasteiger charge is 2.09. The molecule has 0 saturated heterocycles. The van der Waals surface area contributed by atoms with Gasteiger partial charge in [-0.05, 0) is 38.7 Å². The lowest BCUT2D eigenvalue weighted by Gasteiger charge is -2.25. The molecule has 0 spiro atoms. The van der Waals surface area contributed by atoms with Gasteiger partial charge >= 0.3 is 0 Å². The number of rotatable bonds is 8. The van der Waals surface area contributed by atoms with Crippen molar-refractivity contribution in [1.29, 1.82) is 0 Å². The standard InChI is InChI=1S/C14H28N2/c1-6-10-13(5)14(15-9-4)16(11-7-2)12-8-3/h9H,6-8,10-12H2,1-5H3/b14-13-,15-9-. The molecule has 0 radical (unpaired) electrons. The maximum atomic E-state index is 4.56. The molecule has 0 amide bonds. The highest BCUT2D eigenvalue weighted by molar-refractivity contribution is 5.55. The van der Waals surface area contributed by atoms with E-state index >= 15 is 0 Å². The fourth-order valence-corrected chi connectivity index (χ4v) is 1.93. The molecule has 94 valence electrons. The Labute approximate surface area is 101 Å². The Kier molecular flexibility index (Phi) is 8.97. The van der Waals surface area contributed by atoms with E-state index < -0.39 is 0 Å². The van der Waals surface area contributed by atoms with Gasteiger partial charge in [-0.2, -0.15) is 0 Å². The Morgan fingerprint density at radius 2 is 1.62 bits per heavy atom. The van der Waals surface area contributed by atoms with Crippen LogP contribution in [0.2, 0.25) is 0 Å². The molecule has 0 aliphatic carbocycles. The van der Waals surface area contributed by atoms with Gasteiger partial charge in [0.1, 0.15) is 5.82 Å². The summed E-state index contributed by atoms with van der Waals surface area (Å²) in [6, 6.07) is 0. The zero-order valence-corrected chi connectivity index (χ0v) is 11.7. The summed E-state index contributed by atoms with van der Waals surface area (Å²) in [5, 5.41) is 0. The first-order chi connectivity index (χ1) is 7.71. The number of hydrogen-bond acceptors (Lipinski definition) is 2. The predicted molar refractivity (Wildman–Crippen MR) is 73.9 cm³/mol. The van der Waals surface area contributed by atoms with Crippen LogP contribution < -0.4 is 0 Å². The molecule has 2 nitrogen and oxygen atoms in total. The second-order valence-electron chi connectivity index (χ2n) is 4.23. The molecule has 16 heavy (non-hydrogen) atoms. The monoisotopic (exact) mass is 224 g/mol. The van der Waals surface area contributed by atoms with Crippen molar-refractivity contribution in [3.63, 3.8) is 0 Å². The van der Waals surface area contributed by atoms with E-state index in [1.165, 1.54) is 30.7 Å². The smallest absolute Gasteiger partial charge is 0.126 e. The summed E-state index contributed by atoms with van der Waals surface area (Å²) in [4.78, 5) is 6.98. The highest BCUT2D eigenvalue weighted by Crippen LogP contribution is 2.17. The third-order valence-corrected chi connectivity index (χ3v) is 2.54. The van der Waals surface area contributed by atoms with Crippen LogP contribution >= 0.6 is 0 Å². The van der Waals surface area contributed by atoms with Crippen molar-refractivity contribution < 1.29 is 0 Å². The van der Waals surface area contributed by atoms with Gasteiger partial charge in [0.2, 0.25) is 0 Å². The molecule has 0 aromatic rings. The van der Waals surface area contributed by atoms with Crippen LogP contribution in [0.15, 0.2) is 16.4 Å². The summed E-state index contributed by atoms with van der Waals surface area (Å²) < 4.78 is 0. The molecule has 0 heterocycles. The third-order valence-electron chi connectivity index (χ3n) is 2.54. The summed E-state index contributed by atoms with van der Waals surface area (Å²) in [7, 11) is 0. The van der Waals surface area contributed by atoms with Gasteiger partial charge in [0.25, 0.3) is 0 Å². The van der Waals surface area contributed by atoms with Crippen molar-refractivity contribution in [3.05, 3.63) is 11.4 Å². The molecular formula is C14H28N2. The van der Waals surface area contributed by atoms with Gasteiger partial charge < -0.3 is 4.90 Å². The van der Waals surface area contributed by atoms with E-state index in [9.17, 15) is 0 Å². The first-order valence-corrected chi connectivity index (χ1v) is 6.64. The maximum Gasteiger partial charge on any atom is 0.126 e. The van der Waals surface area contributed by atoms with Gasteiger partial charge in [0.15, 0.2) is 0 Å². The predicted octanol–water partition coefficient (Wildman–Crippen LogP) is 4.23. The van der Waals surface area contributed by atoms with Crippen molar-refractivity contribution in [2.45, 2.75) is 60.3 Å². The van der Waals surface area contributed by atoms with E-state index in [1.54, 1.807) is 0 Å². The highest BCUT2D eigenvalue weighted by atomic mass is 15.2. The van der Waals surface area contributed by atoms with Crippen LogP contribution in [0.4, 0.5) is 0 Å². The molecule has 0 fully saturated rings. The Morgan fingerprint density at radius 1 is 1.06 bits per heavy atom. The molecule has 0 aromatic heterocycles. The van der Waals surface area contributed by atoms with Gasteiger partial charge in [-0.15, -0.1) is 0 Å². The van der Waals surface area contributed by atoms with E-state index in [4.69, 9.17) is 0 Å². The van der Waals surface area contributed by atoms with Crippen molar-refractivity contribution in [1.82, 2.24) is 4.90 Å². The summed E-state index contributed by atoms with van der Waals surface area (Å²) >= 11 is 0. The van der Waals surface area contributed by atoms with Crippen molar-refractivity contribution in [3.8, 4) is 0 Å². The average molecular weight is 224 g/mol. The van der Waals surface area contributed by atoms with Crippen LogP contribution in [0.25, 0.3) is 0 Å².